The van der Waals surface area contributed by atoms with Crippen LogP contribution in [-0.2, 0) is 6.54 Å². The monoisotopic (exact) mass is 196 g/mol. The summed E-state index contributed by atoms with van der Waals surface area (Å²) in [6.07, 6.45) is 1.50. The molecular weight excluding hydrogens is 188 g/mol. The van der Waals surface area contributed by atoms with Crippen LogP contribution in [0.25, 0.3) is 11.0 Å². The van der Waals surface area contributed by atoms with Crippen molar-refractivity contribution in [3.63, 3.8) is 0 Å². The van der Waals surface area contributed by atoms with E-state index in [2.05, 4.69) is 15.2 Å². The second kappa shape index (κ2) is 2.81. The van der Waals surface area contributed by atoms with Gasteiger partial charge in [-0.25, -0.2) is 0 Å². The molecule has 2 N–H and O–H groups in total. The molecule has 6 heteroatoms. The summed E-state index contributed by atoms with van der Waals surface area (Å²) in [6, 6.07) is 0. The summed E-state index contributed by atoms with van der Waals surface area (Å²) >= 11 is 4.99. The van der Waals surface area contributed by atoms with E-state index in [0.29, 0.717) is 22.3 Å². The van der Waals surface area contributed by atoms with Gasteiger partial charge in [0.1, 0.15) is 11.0 Å². The van der Waals surface area contributed by atoms with Crippen molar-refractivity contribution in [2.45, 2.75) is 13.5 Å². The summed E-state index contributed by atoms with van der Waals surface area (Å²) in [7, 11) is 0. The summed E-state index contributed by atoms with van der Waals surface area (Å²) in [5, 5.41) is 6.97. The van der Waals surface area contributed by atoms with Crippen LogP contribution in [0.3, 0.4) is 0 Å². The second-order valence-electron chi connectivity index (χ2n) is 2.64. The van der Waals surface area contributed by atoms with Crippen LogP contribution < -0.4 is 5.56 Å². The van der Waals surface area contributed by atoms with E-state index in [1.54, 1.807) is 0 Å². The Labute approximate surface area is 78.4 Å². The lowest BCUT2D eigenvalue weighted by atomic mass is 10.4. The lowest BCUT2D eigenvalue weighted by Gasteiger charge is -2.00. The fourth-order valence-electron chi connectivity index (χ4n) is 1.24. The van der Waals surface area contributed by atoms with E-state index < -0.39 is 0 Å². The summed E-state index contributed by atoms with van der Waals surface area (Å²) < 4.78 is 1.91. The summed E-state index contributed by atoms with van der Waals surface area (Å²) in [6.45, 7) is 2.44. The molecule has 0 aromatic carbocycles. The average molecular weight is 196 g/mol. The first-order valence-corrected chi connectivity index (χ1v) is 4.31. The molecule has 2 aromatic heterocycles. The third kappa shape index (κ3) is 1.10. The number of aromatic nitrogens is 4. The highest BCUT2D eigenvalue weighted by Crippen LogP contribution is 2.00. The molecule has 0 aliphatic carbocycles. The molecule has 0 atom stereocenters. The molecule has 0 aliphatic heterocycles. The minimum absolute atomic E-state index is 0.102. The number of hydrogen-bond acceptors (Lipinski definition) is 3. The van der Waals surface area contributed by atoms with Crippen LogP contribution in [0.5, 0.6) is 0 Å². The molecule has 2 rings (SSSR count). The molecule has 0 saturated heterocycles. The fourth-order valence-corrected chi connectivity index (χ4v) is 1.56. The maximum Gasteiger partial charge on any atom is 0.265 e. The quantitative estimate of drug-likeness (QED) is 0.663. The summed E-state index contributed by atoms with van der Waals surface area (Å²) in [4.78, 5) is 14.5. The van der Waals surface area contributed by atoms with E-state index in [0.717, 1.165) is 0 Å². The number of fused-ring (bicyclic) bond motifs is 1. The summed E-state index contributed by atoms with van der Waals surface area (Å²) in [5.74, 6) is 0. The van der Waals surface area contributed by atoms with E-state index in [1.165, 1.54) is 10.8 Å². The predicted octanol–water partition coefficient (Wildman–Crippen LogP) is 0.802. The predicted molar refractivity (Wildman–Crippen MR) is 51.2 cm³/mol. The molecule has 0 fully saturated rings. The molecule has 0 amide bonds. The molecule has 0 radical (unpaired) electrons. The lowest BCUT2D eigenvalue weighted by molar-refractivity contribution is 0.704. The topological polar surface area (TPSA) is 66.5 Å². The molecule has 2 aromatic rings. The highest BCUT2D eigenvalue weighted by molar-refractivity contribution is 7.71. The Morgan fingerprint density at radius 3 is 3.15 bits per heavy atom. The van der Waals surface area contributed by atoms with Crippen LogP contribution in [0, 0.1) is 4.77 Å². The van der Waals surface area contributed by atoms with Gasteiger partial charge >= 0.3 is 0 Å². The van der Waals surface area contributed by atoms with E-state index >= 15 is 0 Å². The van der Waals surface area contributed by atoms with Crippen LogP contribution in [0.1, 0.15) is 6.92 Å². The zero-order valence-electron chi connectivity index (χ0n) is 7.00. The molecule has 5 nitrogen and oxygen atoms in total. The molecule has 2 heterocycles. The van der Waals surface area contributed by atoms with Gasteiger partial charge in [-0.15, -0.1) is 0 Å². The number of aromatic amines is 2. The Hall–Kier alpha value is -1.43. The minimum atomic E-state index is -0.102. The first-order chi connectivity index (χ1) is 6.24. The van der Waals surface area contributed by atoms with Crippen LogP contribution >= 0.6 is 12.2 Å². The maximum absolute atomic E-state index is 11.7. The van der Waals surface area contributed by atoms with Crippen LogP contribution in [-0.4, -0.2) is 19.7 Å². The highest BCUT2D eigenvalue weighted by atomic mass is 32.1. The van der Waals surface area contributed by atoms with Crippen molar-refractivity contribution in [2.24, 2.45) is 0 Å². The van der Waals surface area contributed by atoms with E-state index in [1.807, 2.05) is 6.92 Å². The normalized spacial score (nSPS) is 10.8. The SMILES string of the molecule is CCn1c(=S)[nH]c2[nH]ncc2c1=O. The maximum atomic E-state index is 11.7. The number of hydrogen-bond donors (Lipinski definition) is 2. The van der Waals surface area contributed by atoms with Gasteiger partial charge in [0.05, 0.1) is 6.20 Å². The molecule has 0 spiro atoms. The van der Waals surface area contributed by atoms with Crippen LogP contribution in [0.15, 0.2) is 11.0 Å². The van der Waals surface area contributed by atoms with Crippen molar-refractivity contribution in [1.29, 1.82) is 0 Å². The number of rotatable bonds is 1. The Morgan fingerprint density at radius 2 is 2.46 bits per heavy atom. The van der Waals surface area contributed by atoms with Gasteiger partial charge in [-0.05, 0) is 19.1 Å². The number of nitrogens with zero attached hydrogens (tertiary/aromatic N) is 2. The van der Waals surface area contributed by atoms with Crippen molar-refractivity contribution >= 4 is 23.3 Å². The van der Waals surface area contributed by atoms with Gasteiger partial charge in [-0.3, -0.25) is 14.5 Å². The second-order valence-corrected chi connectivity index (χ2v) is 3.02. The van der Waals surface area contributed by atoms with Crippen LogP contribution in [0.2, 0.25) is 0 Å². The van der Waals surface area contributed by atoms with Crippen molar-refractivity contribution in [3.05, 3.63) is 21.3 Å². The zero-order chi connectivity index (χ0) is 9.42. The average Bonchev–Trinajstić information content (AvgIpc) is 2.53. The van der Waals surface area contributed by atoms with E-state index in [4.69, 9.17) is 12.2 Å². The standard InChI is InChI=1S/C7H8N4OS/c1-2-11-6(12)4-3-8-10-5(4)9-7(11)13/h3H,2H2,1H3,(H2,8,9,10,13). The molecule has 0 unspecified atom stereocenters. The Morgan fingerprint density at radius 1 is 1.69 bits per heavy atom. The smallest absolute Gasteiger partial charge is 0.265 e. The van der Waals surface area contributed by atoms with Gasteiger partial charge in [-0.2, -0.15) is 5.10 Å². The van der Waals surface area contributed by atoms with Crippen molar-refractivity contribution in [2.75, 3.05) is 0 Å². The van der Waals surface area contributed by atoms with Gasteiger partial charge in [0.25, 0.3) is 5.56 Å². The largest absolute Gasteiger partial charge is 0.317 e. The number of H-pyrrole nitrogens is 2. The third-order valence-electron chi connectivity index (χ3n) is 1.91. The van der Waals surface area contributed by atoms with Crippen molar-refractivity contribution < 1.29 is 0 Å². The van der Waals surface area contributed by atoms with Crippen LogP contribution in [0.4, 0.5) is 0 Å². The highest BCUT2D eigenvalue weighted by Gasteiger charge is 2.04. The molecule has 68 valence electrons. The van der Waals surface area contributed by atoms with Gasteiger partial charge in [0.2, 0.25) is 0 Å². The van der Waals surface area contributed by atoms with Gasteiger partial charge in [0, 0.05) is 6.54 Å². The Kier molecular flexibility index (Phi) is 1.77. The molecule has 0 bridgehead atoms. The van der Waals surface area contributed by atoms with E-state index in [-0.39, 0.29) is 5.56 Å². The Bertz CT molecular complexity index is 549. The summed E-state index contributed by atoms with van der Waals surface area (Å²) in [5.41, 5.74) is 0.481. The number of nitrogens with one attached hydrogen (secondary N) is 2. The van der Waals surface area contributed by atoms with E-state index in [9.17, 15) is 4.79 Å². The van der Waals surface area contributed by atoms with Crippen molar-refractivity contribution in [3.8, 4) is 0 Å². The first kappa shape index (κ1) is 8.18. The first-order valence-electron chi connectivity index (χ1n) is 3.90. The van der Waals surface area contributed by atoms with Gasteiger partial charge in [0.15, 0.2) is 4.77 Å². The molecular formula is C7H8N4OS. The molecule has 0 saturated carbocycles. The lowest BCUT2D eigenvalue weighted by Crippen LogP contribution is -2.20. The third-order valence-corrected chi connectivity index (χ3v) is 2.23. The minimum Gasteiger partial charge on any atom is -0.317 e. The Balaban J connectivity index is 3.02. The van der Waals surface area contributed by atoms with Gasteiger partial charge in [-0.1, -0.05) is 0 Å². The fraction of sp³-hybridized carbons (Fsp3) is 0.286. The van der Waals surface area contributed by atoms with Crippen molar-refractivity contribution in [1.82, 2.24) is 19.7 Å². The zero-order valence-corrected chi connectivity index (χ0v) is 7.81. The molecule has 0 aliphatic rings. The van der Waals surface area contributed by atoms with Gasteiger partial charge < -0.3 is 4.98 Å². The molecule has 13 heavy (non-hydrogen) atoms.